The Bertz CT molecular complexity index is 363. The Morgan fingerprint density at radius 2 is 2.40 bits per heavy atom. The van der Waals surface area contributed by atoms with E-state index in [4.69, 9.17) is 4.74 Å². The minimum atomic E-state index is -0.265. The summed E-state index contributed by atoms with van der Waals surface area (Å²) >= 11 is 0. The van der Waals surface area contributed by atoms with Gasteiger partial charge >= 0.3 is 0 Å². The fourth-order valence-electron chi connectivity index (χ4n) is 1.22. The van der Waals surface area contributed by atoms with Gasteiger partial charge in [0.15, 0.2) is 5.82 Å². The number of likely N-dealkylation sites (N-methyl/N-ethyl adjacent to an activating group) is 2. The van der Waals surface area contributed by atoms with Crippen LogP contribution in [0.25, 0.3) is 0 Å². The van der Waals surface area contributed by atoms with Crippen molar-refractivity contribution >= 4 is 5.82 Å². The topological polar surface area (TPSA) is 70.2 Å². The van der Waals surface area contributed by atoms with Gasteiger partial charge in [-0.2, -0.15) is 0 Å². The molecule has 0 aromatic carbocycles. The molecule has 0 unspecified atom stereocenters. The van der Waals surface area contributed by atoms with Gasteiger partial charge in [0.1, 0.15) is 0 Å². The average molecular weight is 212 g/mol. The first-order valence-electron chi connectivity index (χ1n) is 4.68. The molecule has 0 bridgehead atoms. The third-order valence-corrected chi connectivity index (χ3v) is 2.05. The van der Waals surface area contributed by atoms with Crippen LogP contribution in [-0.4, -0.2) is 44.3 Å². The Hall–Kier alpha value is -1.56. The van der Waals surface area contributed by atoms with E-state index in [1.54, 1.807) is 0 Å². The Morgan fingerprint density at radius 3 is 3.00 bits per heavy atom. The zero-order valence-corrected chi connectivity index (χ0v) is 9.20. The highest BCUT2D eigenvalue weighted by atomic mass is 16.5. The molecule has 0 atom stereocenters. The molecule has 0 saturated carbocycles. The summed E-state index contributed by atoms with van der Waals surface area (Å²) in [6.45, 7) is 1.57. The second kappa shape index (κ2) is 5.35. The number of hydrogen-bond donors (Lipinski definition) is 2. The summed E-state index contributed by atoms with van der Waals surface area (Å²) in [5.41, 5.74) is -0.265. The minimum Gasteiger partial charge on any atom is -0.489 e. The number of hydrogen-bond acceptors (Lipinski definition) is 5. The Kier molecular flexibility index (Phi) is 4.11. The standard InChI is InChI=1S/C9H16N4O2/c1-10-4-5-13(2)8-7(15-3)9(14)12-6-11-8/h6,10H,4-5H2,1-3H3,(H,11,12,14). The third-order valence-electron chi connectivity index (χ3n) is 2.05. The number of nitrogens with one attached hydrogen (secondary N) is 2. The van der Waals surface area contributed by atoms with Crippen LogP contribution >= 0.6 is 0 Å². The lowest BCUT2D eigenvalue weighted by Crippen LogP contribution is -2.29. The molecule has 0 saturated heterocycles. The molecule has 1 rings (SSSR count). The first-order valence-corrected chi connectivity index (χ1v) is 4.68. The van der Waals surface area contributed by atoms with E-state index in [0.717, 1.165) is 13.1 Å². The van der Waals surface area contributed by atoms with E-state index in [0.29, 0.717) is 5.82 Å². The summed E-state index contributed by atoms with van der Waals surface area (Å²) in [5.74, 6) is 0.799. The normalized spacial score (nSPS) is 10.1. The van der Waals surface area contributed by atoms with Crippen molar-refractivity contribution in [3.63, 3.8) is 0 Å². The fraction of sp³-hybridized carbons (Fsp3) is 0.556. The van der Waals surface area contributed by atoms with Crippen LogP contribution in [0.3, 0.4) is 0 Å². The van der Waals surface area contributed by atoms with E-state index in [1.165, 1.54) is 13.4 Å². The van der Waals surface area contributed by atoms with Crippen LogP contribution in [0.4, 0.5) is 5.82 Å². The number of aromatic nitrogens is 2. The van der Waals surface area contributed by atoms with Crippen LogP contribution in [0.2, 0.25) is 0 Å². The van der Waals surface area contributed by atoms with Crippen LogP contribution in [0, 0.1) is 0 Å². The fourth-order valence-corrected chi connectivity index (χ4v) is 1.22. The van der Waals surface area contributed by atoms with Crippen molar-refractivity contribution in [1.82, 2.24) is 15.3 Å². The highest BCUT2D eigenvalue weighted by molar-refractivity contribution is 5.49. The minimum absolute atomic E-state index is 0.246. The van der Waals surface area contributed by atoms with Crippen molar-refractivity contribution in [3.05, 3.63) is 16.7 Å². The second-order valence-corrected chi connectivity index (χ2v) is 3.11. The summed E-state index contributed by atoms with van der Waals surface area (Å²) in [7, 11) is 5.19. The lowest BCUT2D eigenvalue weighted by molar-refractivity contribution is 0.406. The number of H-pyrrole nitrogens is 1. The van der Waals surface area contributed by atoms with Crippen molar-refractivity contribution in [2.24, 2.45) is 0 Å². The van der Waals surface area contributed by atoms with E-state index in [9.17, 15) is 4.79 Å². The molecule has 0 fully saturated rings. The maximum Gasteiger partial charge on any atom is 0.295 e. The summed E-state index contributed by atoms with van der Waals surface area (Å²) in [5, 5.41) is 3.02. The summed E-state index contributed by atoms with van der Waals surface area (Å²) in [4.78, 5) is 19.8. The van der Waals surface area contributed by atoms with E-state index in [-0.39, 0.29) is 11.3 Å². The Morgan fingerprint density at radius 1 is 1.67 bits per heavy atom. The lowest BCUT2D eigenvalue weighted by atomic mass is 10.4. The van der Waals surface area contributed by atoms with Gasteiger partial charge in [0, 0.05) is 20.1 Å². The first kappa shape index (κ1) is 11.5. The molecule has 2 N–H and O–H groups in total. The van der Waals surface area contributed by atoms with Crippen molar-refractivity contribution in [2.45, 2.75) is 0 Å². The predicted octanol–water partition coefficient (Wildman–Crippen LogP) is -0.566. The number of aromatic amines is 1. The highest BCUT2D eigenvalue weighted by Crippen LogP contribution is 2.17. The van der Waals surface area contributed by atoms with Crippen LogP contribution in [-0.2, 0) is 0 Å². The molecule has 6 nitrogen and oxygen atoms in total. The Balaban J connectivity index is 2.92. The number of anilines is 1. The molecule has 1 heterocycles. The van der Waals surface area contributed by atoms with Gasteiger partial charge in [-0.15, -0.1) is 0 Å². The molecule has 15 heavy (non-hydrogen) atoms. The molecule has 0 aliphatic carbocycles. The predicted molar refractivity (Wildman–Crippen MR) is 58.6 cm³/mol. The van der Waals surface area contributed by atoms with Gasteiger partial charge in [0.05, 0.1) is 13.4 Å². The quantitative estimate of drug-likeness (QED) is 0.684. The number of nitrogens with zero attached hydrogens (tertiary/aromatic N) is 2. The first-order chi connectivity index (χ1) is 7.20. The number of methoxy groups -OCH3 is 1. The van der Waals surface area contributed by atoms with E-state index in [2.05, 4.69) is 15.3 Å². The zero-order valence-electron chi connectivity index (χ0n) is 9.20. The van der Waals surface area contributed by atoms with Crippen molar-refractivity contribution < 1.29 is 4.74 Å². The van der Waals surface area contributed by atoms with Gasteiger partial charge in [-0.05, 0) is 7.05 Å². The summed E-state index contributed by atoms with van der Waals surface area (Å²) in [6.07, 6.45) is 1.37. The molecular weight excluding hydrogens is 196 g/mol. The average Bonchev–Trinajstić information content (AvgIpc) is 2.25. The smallest absolute Gasteiger partial charge is 0.295 e. The molecular formula is C9H16N4O2. The van der Waals surface area contributed by atoms with Crippen molar-refractivity contribution in [3.8, 4) is 5.75 Å². The van der Waals surface area contributed by atoms with E-state index < -0.39 is 0 Å². The monoisotopic (exact) mass is 212 g/mol. The lowest BCUT2D eigenvalue weighted by Gasteiger charge is -2.19. The zero-order chi connectivity index (χ0) is 11.3. The Labute approximate surface area is 88.3 Å². The third kappa shape index (κ3) is 2.69. The van der Waals surface area contributed by atoms with Gasteiger partial charge < -0.3 is 19.9 Å². The number of ether oxygens (including phenoxy) is 1. The van der Waals surface area contributed by atoms with Crippen LogP contribution in [0.5, 0.6) is 5.75 Å². The van der Waals surface area contributed by atoms with Gasteiger partial charge in [-0.3, -0.25) is 4.79 Å². The van der Waals surface area contributed by atoms with Crippen LogP contribution < -0.4 is 20.5 Å². The molecule has 0 aliphatic rings. The molecule has 84 valence electrons. The van der Waals surface area contributed by atoms with Crippen molar-refractivity contribution in [1.29, 1.82) is 0 Å². The van der Waals surface area contributed by atoms with E-state index >= 15 is 0 Å². The highest BCUT2D eigenvalue weighted by Gasteiger charge is 2.12. The molecule has 0 spiro atoms. The van der Waals surface area contributed by atoms with Gasteiger partial charge in [0.2, 0.25) is 5.75 Å². The SMILES string of the molecule is CNCCN(C)c1nc[nH]c(=O)c1OC. The molecule has 1 aromatic heterocycles. The largest absolute Gasteiger partial charge is 0.489 e. The van der Waals surface area contributed by atoms with Gasteiger partial charge in [0.25, 0.3) is 5.56 Å². The van der Waals surface area contributed by atoms with E-state index in [1.807, 2.05) is 19.0 Å². The summed E-state index contributed by atoms with van der Waals surface area (Å²) in [6, 6.07) is 0. The molecule has 6 heteroatoms. The number of rotatable bonds is 5. The van der Waals surface area contributed by atoms with Crippen molar-refractivity contribution in [2.75, 3.05) is 39.2 Å². The second-order valence-electron chi connectivity index (χ2n) is 3.11. The van der Waals surface area contributed by atoms with Crippen LogP contribution in [0.1, 0.15) is 0 Å². The summed E-state index contributed by atoms with van der Waals surface area (Å²) < 4.78 is 5.01. The van der Waals surface area contributed by atoms with Gasteiger partial charge in [-0.25, -0.2) is 4.98 Å². The molecule has 0 radical (unpaired) electrons. The molecule has 0 amide bonds. The van der Waals surface area contributed by atoms with Crippen LogP contribution in [0.15, 0.2) is 11.1 Å². The molecule has 0 aliphatic heterocycles. The maximum absolute atomic E-state index is 11.4. The van der Waals surface area contributed by atoms with Gasteiger partial charge in [-0.1, -0.05) is 0 Å². The molecule has 1 aromatic rings. The maximum atomic E-state index is 11.4.